The molecule has 4 atom stereocenters. The lowest BCUT2D eigenvalue weighted by Crippen LogP contribution is -2.29. The number of hydrogen-bond acceptors (Lipinski definition) is 8. The first-order valence-electron chi connectivity index (χ1n) is 30.6. The maximum absolute atomic E-state index is 6.33. The third kappa shape index (κ3) is 11.0. The lowest BCUT2D eigenvalue weighted by molar-refractivity contribution is 0.260. The Labute approximate surface area is 496 Å². The molecule has 2 aliphatic carbocycles. The van der Waals surface area contributed by atoms with Gasteiger partial charge in [-0.3, -0.25) is 0 Å². The molecule has 6 aliphatic rings. The summed E-state index contributed by atoms with van der Waals surface area (Å²) in [5.41, 5.74) is 19.1. The summed E-state index contributed by atoms with van der Waals surface area (Å²) in [7, 11) is 0. The van der Waals surface area contributed by atoms with Crippen LogP contribution in [0.15, 0.2) is 195 Å². The van der Waals surface area contributed by atoms with E-state index >= 15 is 0 Å². The fourth-order valence-corrected chi connectivity index (χ4v) is 13.0. The van der Waals surface area contributed by atoms with Crippen molar-refractivity contribution in [3.05, 3.63) is 262 Å². The maximum atomic E-state index is 6.33. The molecule has 4 heterocycles. The van der Waals surface area contributed by atoms with E-state index in [1.165, 1.54) is 77.9 Å². The second kappa shape index (κ2) is 24.5. The fraction of sp³-hybridized carbons (Fsp3) is 0.316. The Morgan fingerprint density at radius 2 is 0.643 bits per heavy atom. The van der Waals surface area contributed by atoms with Crippen molar-refractivity contribution in [2.45, 2.75) is 100 Å². The minimum Gasteiger partial charge on any atom is -0.491 e. The molecule has 4 fully saturated rings. The van der Waals surface area contributed by atoms with Gasteiger partial charge in [-0.15, -0.1) is 13.2 Å². The summed E-state index contributed by atoms with van der Waals surface area (Å²) < 4.78 is 46.8. The first-order chi connectivity index (χ1) is 41.4. The molecular formula is C76H76O8. The number of benzene rings is 8. The van der Waals surface area contributed by atoms with Crippen LogP contribution in [0.2, 0.25) is 0 Å². The summed E-state index contributed by atoms with van der Waals surface area (Å²) in [4.78, 5) is 0. The van der Waals surface area contributed by atoms with Crippen LogP contribution in [0, 0.1) is 0 Å². The van der Waals surface area contributed by atoms with Crippen molar-refractivity contribution in [3.63, 3.8) is 0 Å². The summed E-state index contributed by atoms with van der Waals surface area (Å²) in [6.45, 7) is 18.1. The molecule has 4 aliphatic heterocycles. The molecule has 8 aromatic carbocycles. The molecule has 428 valence electrons. The van der Waals surface area contributed by atoms with Crippen LogP contribution in [0.5, 0.6) is 23.0 Å². The Morgan fingerprint density at radius 3 is 0.905 bits per heavy atom. The van der Waals surface area contributed by atoms with Gasteiger partial charge in [-0.1, -0.05) is 184 Å². The Morgan fingerprint density at radius 1 is 0.381 bits per heavy atom. The highest BCUT2D eigenvalue weighted by atomic mass is 16.6. The molecule has 8 aromatic rings. The minimum atomic E-state index is -0.519. The summed E-state index contributed by atoms with van der Waals surface area (Å²) in [5, 5.41) is 0. The van der Waals surface area contributed by atoms with E-state index in [9.17, 15) is 0 Å². The van der Waals surface area contributed by atoms with Gasteiger partial charge in [-0.2, -0.15) is 0 Å². The van der Waals surface area contributed by atoms with Crippen LogP contribution in [0.4, 0.5) is 0 Å². The van der Waals surface area contributed by atoms with Gasteiger partial charge >= 0.3 is 0 Å². The number of aryl methyl sites for hydroxylation is 2. The molecule has 8 nitrogen and oxygen atoms in total. The van der Waals surface area contributed by atoms with E-state index in [4.69, 9.17) is 37.9 Å². The standard InChI is InChI=1S/C39H42O4.C37H34O4/c1-3-5-11-27-21-29(17-19-37(27)42-25-31-23-40-31)39(35-15-9-7-13-33(35)34-14-8-10-16-36(34)39)30-18-20-38(43-26-32-24-41-32)28(22-30)12-6-4-2;1-3-9-25-19-27(15-17-35(25)40-23-29-21-38-29)37(33-13-7-5-11-31(33)32-12-6-8-14-34(32)37)28-16-18-36(26(20-28)10-4-2)41-24-30-22-39-30/h7-10,13-22,31-32H,3-6,11-12,23-26H2,1-2H3;3-8,11-20,29-30H,1-2,9-10,21-24H2. The monoisotopic (exact) mass is 1120 g/mol. The van der Waals surface area contributed by atoms with Gasteiger partial charge in [0.1, 0.15) is 73.8 Å². The lowest BCUT2D eigenvalue weighted by atomic mass is 9.67. The Hall–Kier alpha value is -7.72. The molecule has 4 saturated heterocycles. The van der Waals surface area contributed by atoms with Gasteiger partial charge in [0, 0.05) is 0 Å². The predicted molar refractivity (Wildman–Crippen MR) is 333 cm³/mol. The number of fused-ring (bicyclic) bond motifs is 6. The summed E-state index contributed by atoms with van der Waals surface area (Å²) in [6, 6.07) is 62.7. The number of rotatable bonds is 26. The van der Waals surface area contributed by atoms with Crippen LogP contribution in [0.3, 0.4) is 0 Å². The van der Waals surface area contributed by atoms with E-state index < -0.39 is 10.8 Å². The molecule has 8 heteroatoms. The van der Waals surface area contributed by atoms with E-state index in [2.05, 4.69) is 197 Å². The highest BCUT2D eigenvalue weighted by molar-refractivity contribution is 5.88. The number of epoxide rings is 4. The highest BCUT2D eigenvalue weighted by Crippen LogP contribution is 2.59. The number of hydrogen-bond donors (Lipinski definition) is 0. The van der Waals surface area contributed by atoms with Crippen molar-refractivity contribution in [1.29, 1.82) is 0 Å². The van der Waals surface area contributed by atoms with Crippen molar-refractivity contribution >= 4 is 0 Å². The van der Waals surface area contributed by atoms with E-state index in [0.717, 1.165) is 99.1 Å². The van der Waals surface area contributed by atoms with Gasteiger partial charge < -0.3 is 37.9 Å². The van der Waals surface area contributed by atoms with Crippen LogP contribution in [-0.4, -0.2) is 77.3 Å². The maximum Gasteiger partial charge on any atom is 0.122 e. The highest BCUT2D eigenvalue weighted by Gasteiger charge is 2.48. The fourth-order valence-electron chi connectivity index (χ4n) is 13.0. The van der Waals surface area contributed by atoms with E-state index in [0.29, 0.717) is 39.3 Å². The van der Waals surface area contributed by atoms with E-state index in [1.807, 2.05) is 12.2 Å². The van der Waals surface area contributed by atoms with Gasteiger partial charge in [0.2, 0.25) is 0 Å². The molecule has 0 saturated carbocycles. The van der Waals surface area contributed by atoms with Gasteiger partial charge in [-0.25, -0.2) is 0 Å². The van der Waals surface area contributed by atoms with Crippen LogP contribution in [0.25, 0.3) is 22.3 Å². The van der Waals surface area contributed by atoms with Crippen molar-refractivity contribution in [2.75, 3.05) is 52.9 Å². The summed E-state index contributed by atoms with van der Waals surface area (Å²) in [6.07, 6.45) is 12.7. The zero-order valence-electron chi connectivity index (χ0n) is 48.6. The molecule has 0 bridgehead atoms. The third-order valence-electron chi connectivity index (χ3n) is 17.5. The molecule has 0 aromatic heterocycles. The Kier molecular flexibility index (Phi) is 16.2. The van der Waals surface area contributed by atoms with Gasteiger partial charge in [0.05, 0.1) is 37.3 Å². The molecule has 84 heavy (non-hydrogen) atoms. The van der Waals surface area contributed by atoms with Gasteiger partial charge in [0.15, 0.2) is 0 Å². The lowest BCUT2D eigenvalue weighted by Gasteiger charge is -2.35. The second-order valence-corrected chi connectivity index (χ2v) is 23.2. The molecular weight excluding hydrogens is 1040 g/mol. The van der Waals surface area contributed by atoms with Gasteiger partial charge in [0.25, 0.3) is 0 Å². The predicted octanol–water partition coefficient (Wildman–Crippen LogP) is 15.4. The average Bonchev–Trinajstić information content (AvgIpc) is 1.66. The second-order valence-electron chi connectivity index (χ2n) is 23.2. The molecule has 14 rings (SSSR count). The molecule has 4 unspecified atom stereocenters. The van der Waals surface area contributed by atoms with Gasteiger partial charge in [-0.05, 0) is 152 Å². The van der Waals surface area contributed by atoms with Crippen LogP contribution < -0.4 is 18.9 Å². The quantitative estimate of drug-likeness (QED) is 0.0391. The van der Waals surface area contributed by atoms with Crippen LogP contribution >= 0.6 is 0 Å². The summed E-state index contributed by atoms with van der Waals surface area (Å²) >= 11 is 0. The minimum absolute atomic E-state index is 0.196. The molecule has 0 spiro atoms. The first-order valence-corrected chi connectivity index (χ1v) is 30.6. The smallest absolute Gasteiger partial charge is 0.122 e. The zero-order valence-corrected chi connectivity index (χ0v) is 48.6. The normalized spacial score (nSPS) is 19.1. The number of unbranched alkanes of at least 4 members (excludes halogenated alkanes) is 2. The largest absolute Gasteiger partial charge is 0.491 e. The van der Waals surface area contributed by atoms with Crippen molar-refractivity contribution in [1.82, 2.24) is 0 Å². The van der Waals surface area contributed by atoms with E-state index in [1.54, 1.807) is 0 Å². The Bertz CT molecular complexity index is 3430. The zero-order chi connectivity index (χ0) is 57.0. The molecule has 0 radical (unpaired) electrons. The number of allylic oxidation sites excluding steroid dienone is 2. The van der Waals surface area contributed by atoms with Crippen molar-refractivity contribution in [2.24, 2.45) is 0 Å². The third-order valence-corrected chi connectivity index (χ3v) is 17.5. The number of ether oxygens (including phenoxy) is 8. The topological polar surface area (TPSA) is 87.0 Å². The molecule has 0 N–H and O–H groups in total. The van der Waals surface area contributed by atoms with E-state index in [-0.39, 0.29) is 24.4 Å². The Balaban J connectivity index is 0.000000157. The van der Waals surface area contributed by atoms with Crippen LogP contribution in [0.1, 0.15) is 106 Å². The SMILES string of the molecule is C=CCc1cc(C2(c3ccc(OCC4CO4)c(CC=C)c3)c3ccccc3-c3ccccc32)ccc1OCC1CO1.CCCCc1cc(C2(c3ccc(OCC4CO4)c(CCCC)c3)c3ccccc3-c3ccccc32)ccc1OCC1CO1. The first kappa shape index (κ1) is 55.5. The molecule has 0 amide bonds. The van der Waals surface area contributed by atoms with Crippen molar-refractivity contribution in [3.8, 4) is 45.3 Å². The average molecular weight is 1120 g/mol. The summed E-state index contributed by atoms with van der Waals surface area (Å²) in [5.74, 6) is 3.74. The van der Waals surface area contributed by atoms with Crippen molar-refractivity contribution < 1.29 is 37.9 Å². The van der Waals surface area contributed by atoms with Crippen LogP contribution in [-0.2, 0) is 55.5 Å².